The Hall–Kier alpha value is -2.17. The van der Waals surface area contributed by atoms with Crippen LogP contribution in [0.4, 0.5) is 5.69 Å². The molecule has 0 unspecified atom stereocenters. The van der Waals surface area contributed by atoms with Crippen molar-refractivity contribution >= 4 is 11.6 Å². The van der Waals surface area contributed by atoms with Gasteiger partial charge >= 0.3 is 0 Å². The van der Waals surface area contributed by atoms with Gasteiger partial charge < -0.3 is 10.1 Å². The van der Waals surface area contributed by atoms with Crippen molar-refractivity contribution in [3.05, 3.63) is 65.2 Å². The second kappa shape index (κ2) is 9.67. The number of likely N-dealkylation sites (tertiary alicyclic amines) is 1. The van der Waals surface area contributed by atoms with Crippen LogP contribution in [0.2, 0.25) is 0 Å². The summed E-state index contributed by atoms with van der Waals surface area (Å²) in [5.74, 6) is 0.662. The summed E-state index contributed by atoms with van der Waals surface area (Å²) in [4.78, 5) is 14.6. The predicted molar refractivity (Wildman–Crippen MR) is 110 cm³/mol. The van der Waals surface area contributed by atoms with Gasteiger partial charge in [0.2, 0.25) is 5.91 Å². The minimum atomic E-state index is 0.0717. The average Bonchev–Trinajstić information content (AvgIpc) is 2.68. The lowest BCUT2D eigenvalue weighted by Gasteiger charge is -2.31. The zero-order chi connectivity index (χ0) is 19.1. The molecule has 4 heteroatoms. The lowest BCUT2D eigenvalue weighted by molar-refractivity contribution is -0.117. The molecule has 2 aromatic rings. The molecule has 1 amide bonds. The van der Waals surface area contributed by atoms with Crippen LogP contribution in [0.1, 0.15) is 29.5 Å². The highest BCUT2D eigenvalue weighted by molar-refractivity contribution is 5.93. The molecule has 0 aliphatic carbocycles. The van der Waals surface area contributed by atoms with Crippen LogP contribution in [-0.2, 0) is 16.1 Å². The molecule has 1 fully saturated rings. The van der Waals surface area contributed by atoms with E-state index in [9.17, 15) is 4.79 Å². The highest BCUT2D eigenvalue weighted by atomic mass is 16.5. The number of aryl methyl sites for hydroxylation is 1. The van der Waals surface area contributed by atoms with Gasteiger partial charge in [-0.1, -0.05) is 42.5 Å². The van der Waals surface area contributed by atoms with E-state index in [-0.39, 0.29) is 5.91 Å². The summed E-state index contributed by atoms with van der Waals surface area (Å²) in [5, 5.41) is 3.06. The molecule has 1 saturated heterocycles. The summed E-state index contributed by atoms with van der Waals surface area (Å²) in [6, 6.07) is 16.3. The van der Waals surface area contributed by atoms with E-state index in [1.807, 2.05) is 37.3 Å². The van der Waals surface area contributed by atoms with Crippen molar-refractivity contribution in [3.63, 3.8) is 0 Å². The molecule has 2 aromatic carbocycles. The summed E-state index contributed by atoms with van der Waals surface area (Å²) >= 11 is 0. The number of piperidine rings is 1. The van der Waals surface area contributed by atoms with Crippen LogP contribution >= 0.6 is 0 Å². The Kier molecular flexibility index (Phi) is 7.02. The molecule has 0 spiro atoms. The van der Waals surface area contributed by atoms with Crippen molar-refractivity contribution < 1.29 is 9.53 Å². The first-order valence-electron chi connectivity index (χ1n) is 9.82. The highest BCUT2D eigenvalue weighted by Gasteiger charge is 2.21. The fourth-order valence-corrected chi connectivity index (χ4v) is 3.51. The molecule has 144 valence electrons. The Bertz CT molecular complexity index is 737. The van der Waals surface area contributed by atoms with Crippen LogP contribution in [0, 0.1) is 19.8 Å². The Morgan fingerprint density at radius 1 is 1.07 bits per heavy atom. The lowest BCUT2D eigenvalue weighted by Crippen LogP contribution is -2.40. The van der Waals surface area contributed by atoms with Gasteiger partial charge in [-0.25, -0.2) is 0 Å². The van der Waals surface area contributed by atoms with Crippen molar-refractivity contribution in [2.24, 2.45) is 5.92 Å². The van der Waals surface area contributed by atoms with Crippen LogP contribution in [0.25, 0.3) is 0 Å². The molecule has 4 nitrogen and oxygen atoms in total. The Morgan fingerprint density at radius 2 is 1.81 bits per heavy atom. The summed E-state index contributed by atoms with van der Waals surface area (Å²) in [5.41, 5.74) is 4.48. The Balaban J connectivity index is 1.36. The van der Waals surface area contributed by atoms with E-state index in [0.717, 1.165) is 43.8 Å². The minimum Gasteiger partial charge on any atom is -0.376 e. The third-order valence-corrected chi connectivity index (χ3v) is 5.42. The third-order valence-electron chi connectivity index (χ3n) is 5.42. The van der Waals surface area contributed by atoms with Crippen molar-refractivity contribution in [1.82, 2.24) is 4.90 Å². The monoisotopic (exact) mass is 366 g/mol. The van der Waals surface area contributed by atoms with E-state index in [1.165, 1.54) is 11.1 Å². The number of hydrogen-bond donors (Lipinski definition) is 1. The number of rotatable bonds is 7. The molecule has 1 N–H and O–H groups in total. The first kappa shape index (κ1) is 19.6. The molecule has 0 radical (unpaired) electrons. The van der Waals surface area contributed by atoms with Crippen molar-refractivity contribution in [2.75, 3.05) is 31.6 Å². The SMILES string of the molecule is Cc1cccc(NC(=O)CN2CCC(COCc3ccccc3)CC2)c1C. The van der Waals surface area contributed by atoms with Gasteiger partial charge in [0, 0.05) is 12.3 Å². The maximum Gasteiger partial charge on any atom is 0.238 e. The summed E-state index contributed by atoms with van der Waals surface area (Å²) < 4.78 is 5.88. The van der Waals surface area contributed by atoms with E-state index in [2.05, 4.69) is 35.3 Å². The molecule has 0 aromatic heterocycles. The molecule has 0 bridgehead atoms. The average molecular weight is 367 g/mol. The number of nitrogens with one attached hydrogen (secondary N) is 1. The van der Waals surface area contributed by atoms with E-state index < -0.39 is 0 Å². The zero-order valence-corrected chi connectivity index (χ0v) is 16.4. The maximum atomic E-state index is 12.4. The molecule has 1 aliphatic heterocycles. The van der Waals surface area contributed by atoms with Gasteiger partial charge in [0.1, 0.15) is 0 Å². The smallest absolute Gasteiger partial charge is 0.238 e. The van der Waals surface area contributed by atoms with Crippen LogP contribution in [0.3, 0.4) is 0 Å². The first-order valence-corrected chi connectivity index (χ1v) is 9.82. The van der Waals surface area contributed by atoms with Crippen LogP contribution in [0.15, 0.2) is 48.5 Å². The quantitative estimate of drug-likeness (QED) is 0.800. The molecule has 27 heavy (non-hydrogen) atoms. The number of nitrogens with zero attached hydrogens (tertiary/aromatic N) is 1. The molecular weight excluding hydrogens is 336 g/mol. The van der Waals surface area contributed by atoms with Gasteiger partial charge in [-0.3, -0.25) is 9.69 Å². The summed E-state index contributed by atoms with van der Waals surface area (Å²) in [6.45, 7) is 7.97. The fourth-order valence-electron chi connectivity index (χ4n) is 3.51. The summed E-state index contributed by atoms with van der Waals surface area (Å²) in [6.07, 6.45) is 2.18. The molecule has 0 atom stereocenters. The number of amides is 1. The molecule has 1 heterocycles. The number of hydrogen-bond acceptors (Lipinski definition) is 3. The number of anilines is 1. The molecule has 1 aliphatic rings. The van der Waals surface area contributed by atoms with Gasteiger partial charge in [0.15, 0.2) is 0 Å². The fraction of sp³-hybridized carbons (Fsp3) is 0.435. The number of benzene rings is 2. The second-order valence-corrected chi connectivity index (χ2v) is 7.52. The first-order chi connectivity index (χ1) is 13.1. The molecule has 0 saturated carbocycles. The standard InChI is InChI=1S/C23H30N2O2/c1-18-7-6-10-22(19(18)2)24-23(26)15-25-13-11-21(12-14-25)17-27-16-20-8-4-3-5-9-20/h3-10,21H,11-17H2,1-2H3,(H,24,26). The van der Waals surface area contributed by atoms with Crippen LogP contribution in [0.5, 0.6) is 0 Å². The molecular formula is C23H30N2O2. The topological polar surface area (TPSA) is 41.6 Å². The zero-order valence-electron chi connectivity index (χ0n) is 16.4. The van der Waals surface area contributed by atoms with Gasteiger partial charge in [0.05, 0.1) is 13.2 Å². The number of carbonyl (C=O) groups excluding carboxylic acids is 1. The number of ether oxygens (including phenoxy) is 1. The second-order valence-electron chi connectivity index (χ2n) is 7.52. The maximum absolute atomic E-state index is 12.4. The lowest BCUT2D eigenvalue weighted by atomic mass is 9.98. The van der Waals surface area contributed by atoms with E-state index >= 15 is 0 Å². The van der Waals surface area contributed by atoms with Crippen molar-refractivity contribution in [2.45, 2.75) is 33.3 Å². The van der Waals surface area contributed by atoms with Crippen molar-refractivity contribution in [3.8, 4) is 0 Å². The molecule has 3 rings (SSSR count). The van der Waals surface area contributed by atoms with Crippen LogP contribution in [-0.4, -0.2) is 37.0 Å². The van der Waals surface area contributed by atoms with Gasteiger partial charge in [0.25, 0.3) is 0 Å². The van der Waals surface area contributed by atoms with E-state index in [1.54, 1.807) is 0 Å². The van der Waals surface area contributed by atoms with Gasteiger partial charge in [-0.05, 0) is 68.5 Å². The number of carbonyl (C=O) groups is 1. The third kappa shape index (κ3) is 5.91. The Morgan fingerprint density at radius 3 is 2.56 bits per heavy atom. The normalized spacial score (nSPS) is 15.6. The van der Waals surface area contributed by atoms with E-state index in [4.69, 9.17) is 4.74 Å². The highest BCUT2D eigenvalue weighted by Crippen LogP contribution is 2.20. The van der Waals surface area contributed by atoms with Gasteiger partial charge in [-0.2, -0.15) is 0 Å². The largest absolute Gasteiger partial charge is 0.376 e. The minimum absolute atomic E-state index is 0.0717. The predicted octanol–water partition coefficient (Wildman–Crippen LogP) is 4.17. The van der Waals surface area contributed by atoms with Crippen molar-refractivity contribution in [1.29, 1.82) is 0 Å². The summed E-state index contributed by atoms with van der Waals surface area (Å²) in [7, 11) is 0. The van der Waals surface area contributed by atoms with Crippen LogP contribution < -0.4 is 5.32 Å². The Labute approximate surface area is 162 Å². The van der Waals surface area contributed by atoms with E-state index in [0.29, 0.717) is 19.1 Å². The van der Waals surface area contributed by atoms with Gasteiger partial charge in [-0.15, -0.1) is 0 Å².